The summed E-state index contributed by atoms with van der Waals surface area (Å²) in [4.78, 5) is 12.1. The predicted molar refractivity (Wildman–Crippen MR) is 85.3 cm³/mol. The molecule has 2 aliphatic rings. The van der Waals surface area contributed by atoms with Crippen LogP contribution >= 0.6 is 12.4 Å². The largest absolute Gasteiger partial charge is 0.573 e. The van der Waals surface area contributed by atoms with E-state index < -0.39 is 6.36 Å². The summed E-state index contributed by atoms with van der Waals surface area (Å²) in [7, 11) is 0. The molecule has 134 valence electrons. The van der Waals surface area contributed by atoms with Crippen LogP contribution in [0.1, 0.15) is 30.7 Å². The average Bonchev–Trinajstić information content (AvgIpc) is 3.10. The van der Waals surface area contributed by atoms with E-state index in [-0.39, 0.29) is 35.9 Å². The van der Waals surface area contributed by atoms with Crippen LogP contribution in [0, 0.1) is 5.92 Å². The molecule has 24 heavy (non-hydrogen) atoms. The first-order chi connectivity index (χ1) is 10.9. The fourth-order valence-corrected chi connectivity index (χ4v) is 3.12. The molecule has 2 N–H and O–H groups in total. The maximum Gasteiger partial charge on any atom is 0.573 e. The van der Waals surface area contributed by atoms with Gasteiger partial charge in [-0.1, -0.05) is 18.2 Å². The van der Waals surface area contributed by atoms with Gasteiger partial charge in [0.2, 0.25) is 5.91 Å². The molecule has 8 heteroatoms. The maximum absolute atomic E-state index is 12.4. The molecule has 1 heterocycles. The zero-order valence-electron chi connectivity index (χ0n) is 12.9. The van der Waals surface area contributed by atoms with Crippen LogP contribution in [0.3, 0.4) is 0 Å². The zero-order valence-corrected chi connectivity index (χ0v) is 13.8. The highest BCUT2D eigenvalue weighted by Gasteiger charge is 2.46. The van der Waals surface area contributed by atoms with Crippen LogP contribution < -0.4 is 15.4 Å². The smallest absolute Gasteiger partial charge is 0.405 e. The number of benzene rings is 1. The Morgan fingerprint density at radius 3 is 2.75 bits per heavy atom. The van der Waals surface area contributed by atoms with Crippen LogP contribution in [-0.2, 0) is 4.79 Å². The van der Waals surface area contributed by atoms with Gasteiger partial charge in [-0.05, 0) is 43.4 Å². The molecule has 0 spiro atoms. The highest BCUT2D eigenvalue weighted by Crippen LogP contribution is 2.51. The molecule has 1 aromatic carbocycles. The number of amides is 1. The average molecular weight is 365 g/mol. The van der Waals surface area contributed by atoms with Crippen molar-refractivity contribution in [1.29, 1.82) is 0 Å². The van der Waals surface area contributed by atoms with Gasteiger partial charge in [-0.2, -0.15) is 0 Å². The van der Waals surface area contributed by atoms with Crippen molar-refractivity contribution >= 4 is 18.3 Å². The molecule has 1 aromatic rings. The number of alkyl halides is 3. The Kier molecular flexibility index (Phi) is 5.98. The molecule has 0 aromatic heterocycles. The molecule has 0 bridgehead atoms. The lowest BCUT2D eigenvalue weighted by molar-refractivity contribution is -0.274. The van der Waals surface area contributed by atoms with Crippen molar-refractivity contribution in [2.75, 3.05) is 13.1 Å². The minimum Gasteiger partial charge on any atom is -0.405 e. The van der Waals surface area contributed by atoms with E-state index >= 15 is 0 Å². The van der Waals surface area contributed by atoms with Gasteiger partial charge in [-0.3, -0.25) is 4.79 Å². The molecule has 3 rings (SSSR count). The van der Waals surface area contributed by atoms with Crippen LogP contribution in [0.4, 0.5) is 13.2 Å². The summed E-state index contributed by atoms with van der Waals surface area (Å²) in [6.45, 7) is 1.54. The first-order valence-corrected chi connectivity index (χ1v) is 7.80. The highest BCUT2D eigenvalue weighted by atomic mass is 35.5. The molecule has 1 amide bonds. The fourth-order valence-electron chi connectivity index (χ4n) is 3.12. The standard InChI is InChI=1S/C16H19F3N2O2.ClH/c17-16(18,19)23-14-6-2-1-5-11(14)12-8-13(12)15(22)21-9-10-4-3-7-20-10;/h1-2,5-6,10,12-13,20H,3-4,7-9H2,(H,21,22);1H. The zero-order chi connectivity index (χ0) is 16.4. The lowest BCUT2D eigenvalue weighted by atomic mass is 10.1. The van der Waals surface area contributed by atoms with Crippen LogP contribution in [0.5, 0.6) is 5.75 Å². The van der Waals surface area contributed by atoms with E-state index in [4.69, 9.17) is 0 Å². The van der Waals surface area contributed by atoms with Gasteiger partial charge in [-0.25, -0.2) is 0 Å². The van der Waals surface area contributed by atoms with Gasteiger partial charge >= 0.3 is 6.36 Å². The topological polar surface area (TPSA) is 50.4 Å². The van der Waals surface area contributed by atoms with E-state index in [1.807, 2.05) is 0 Å². The van der Waals surface area contributed by atoms with E-state index in [1.54, 1.807) is 12.1 Å². The minimum atomic E-state index is -4.73. The van der Waals surface area contributed by atoms with Crippen LogP contribution in [0.2, 0.25) is 0 Å². The van der Waals surface area contributed by atoms with Gasteiger partial charge in [0, 0.05) is 18.5 Å². The van der Waals surface area contributed by atoms with Crippen molar-refractivity contribution in [2.45, 2.75) is 37.6 Å². The molecule has 1 aliphatic carbocycles. The first-order valence-electron chi connectivity index (χ1n) is 7.80. The number of para-hydroxylation sites is 1. The fraction of sp³-hybridized carbons (Fsp3) is 0.562. The lowest BCUT2D eigenvalue weighted by Crippen LogP contribution is -2.38. The van der Waals surface area contributed by atoms with Crippen molar-refractivity contribution in [2.24, 2.45) is 5.92 Å². The second-order valence-corrected chi connectivity index (χ2v) is 6.07. The number of hydrogen-bond donors (Lipinski definition) is 2. The van der Waals surface area contributed by atoms with Crippen molar-refractivity contribution < 1.29 is 22.7 Å². The monoisotopic (exact) mass is 364 g/mol. The molecule has 4 nitrogen and oxygen atoms in total. The summed E-state index contributed by atoms with van der Waals surface area (Å²) in [6, 6.07) is 6.34. The minimum absolute atomic E-state index is 0. The Hall–Kier alpha value is -1.47. The number of carbonyl (C=O) groups excluding carboxylic acids is 1. The van der Waals surface area contributed by atoms with E-state index in [0.29, 0.717) is 24.6 Å². The third kappa shape index (κ3) is 4.77. The van der Waals surface area contributed by atoms with Gasteiger partial charge in [-0.15, -0.1) is 25.6 Å². The van der Waals surface area contributed by atoms with Crippen molar-refractivity contribution in [3.05, 3.63) is 29.8 Å². The van der Waals surface area contributed by atoms with E-state index in [2.05, 4.69) is 15.4 Å². The molecule has 1 saturated heterocycles. The molecule has 3 unspecified atom stereocenters. The van der Waals surface area contributed by atoms with Crippen LogP contribution in [0.15, 0.2) is 24.3 Å². The number of nitrogens with one attached hydrogen (secondary N) is 2. The Balaban J connectivity index is 0.00000208. The first kappa shape index (κ1) is 18.9. The Morgan fingerprint density at radius 2 is 2.08 bits per heavy atom. The summed E-state index contributed by atoms with van der Waals surface area (Å²) in [6.07, 6.45) is -2.02. The number of carbonyl (C=O) groups is 1. The normalized spacial score (nSPS) is 25.7. The quantitative estimate of drug-likeness (QED) is 0.844. The Morgan fingerprint density at radius 1 is 1.33 bits per heavy atom. The van der Waals surface area contributed by atoms with Crippen molar-refractivity contribution in [3.63, 3.8) is 0 Å². The Labute approximate surface area is 144 Å². The lowest BCUT2D eigenvalue weighted by Gasteiger charge is -2.14. The molecule has 0 radical (unpaired) electrons. The second-order valence-electron chi connectivity index (χ2n) is 6.07. The highest BCUT2D eigenvalue weighted by molar-refractivity contribution is 5.85. The summed E-state index contributed by atoms with van der Waals surface area (Å²) >= 11 is 0. The van der Waals surface area contributed by atoms with Gasteiger partial charge < -0.3 is 15.4 Å². The summed E-state index contributed by atoms with van der Waals surface area (Å²) in [5, 5.41) is 6.18. The molecule has 1 aliphatic heterocycles. The number of halogens is 4. The third-order valence-corrected chi connectivity index (χ3v) is 4.36. The summed E-state index contributed by atoms with van der Waals surface area (Å²) in [5.41, 5.74) is 0.448. The van der Waals surface area contributed by atoms with Crippen LogP contribution in [-0.4, -0.2) is 31.4 Å². The van der Waals surface area contributed by atoms with Gasteiger partial charge in [0.15, 0.2) is 0 Å². The van der Waals surface area contributed by atoms with E-state index in [1.165, 1.54) is 12.1 Å². The van der Waals surface area contributed by atoms with Crippen LogP contribution in [0.25, 0.3) is 0 Å². The van der Waals surface area contributed by atoms with Gasteiger partial charge in [0.05, 0.1) is 0 Å². The summed E-state index contributed by atoms with van der Waals surface area (Å²) in [5.74, 6) is -0.775. The second kappa shape index (κ2) is 7.61. The SMILES string of the molecule is Cl.O=C(NCC1CCCN1)C1CC1c1ccccc1OC(F)(F)F. The molecule has 2 fully saturated rings. The Bertz CT molecular complexity index is 577. The van der Waals surface area contributed by atoms with Crippen molar-refractivity contribution in [1.82, 2.24) is 10.6 Å². The van der Waals surface area contributed by atoms with Crippen molar-refractivity contribution in [3.8, 4) is 5.75 Å². The molecule has 1 saturated carbocycles. The van der Waals surface area contributed by atoms with Gasteiger partial charge in [0.1, 0.15) is 5.75 Å². The van der Waals surface area contributed by atoms with E-state index in [0.717, 1.165) is 19.4 Å². The molecular weight excluding hydrogens is 345 g/mol. The summed E-state index contributed by atoms with van der Waals surface area (Å²) < 4.78 is 41.4. The predicted octanol–water partition coefficient (Wildman–Crippen LogP) is 2.98. The van der Waals surface area contributed by atoms with Gasteiger partial charge in [0.25, 0.3) is 0 Å². The third-order valence-electron chi connectivity index (χ3n) is 4.36. The van der Waals surface area contributed by atoms with E-state index in [9.17, 15) is 18.0 Å². The molecule has 3 atom stereocenters. The maximum atomic E-state index is 12.4. The number of rotatable bonds is 5. The number of hydrogen-bond acceptors (Lipinski definition) is 3. The molecular formula is C16H20ClF3N2O2. The number of ether oxygens (including phenoxy) is 1.